The molecule has 0 unspecified atom stereocenters. The molecule has 0 spiro atoms. The zero-order chi connectivity index (χ0) is 22.6. The largest absolute Gasteiger partial charge is 0.460 e. The molecule has 6 nitrogen and oxygen atoms in total. The zero-order valence-corrected chi connectivity index (χ0v) is 23.6. The van der Waals surface area contributed by atoms with Crippen molar-refractivity contribution in [3.8, 4) is 9.75 Å². The summed E-state index contributed by atoms with van der Waals surface area (Å²) in [4.78, 5) is 50.5. The number of hydrogen-bond donors (Lipinski definition) is 0. The molecule has 0 aromatic carbocycles. The number of ketones is 2. The average Bonchev–Trinajstić information content (AvgIpc) is 3.19. The van der Waals surface area contributed by atoms with Crippen LogP contribution < -0.4 is 0 Å². The third kappa shape index (κ3) is 5.50. The Morgan fingerprint density at radius 1 is 0.667 bits per heavy atom. The van der Waals surface area contributed by atoms with E-state index >= 15 is 0 Å². The molecule has 0 amide bonds. The van der Waals surface area contributed by atoms with Crippen LogP contribution in [-0.2, 0) is 19.1 Å². The number of carbonyl (C=O) groups excluding carboxylic acids is 4. The van der Waals surface area contributed by atoms with Gasteiger partial charge in [-0.15, -0.1) is 22.7 Å². The molecule has 0 atom stereocenters. The van der Waals surface area contributed by atoms with Crippen LogP contribution in [0.15, 0.2) is 17.9 Å². The van der Waals surface area contributed by atoms with Gasteiger partial charge in [-0.05, 0) is 76.6 Å². The number of carbonyl (C=O) groups is 4. The van der Waals surface area contributed by atoms with Crippen molar-refractivity contribution < 1.29 is 28.7 Å². The third-order valence-corrected chi connectivity index (χ3v) is 11.3. The molecule has 12 heteroatoms. The van der Waals surface area contributed by atoms with Crippen molar-refractivity contribution in [2.45, 2.75) is 26.7 Å². The van der Waals surface area contributed by atoms with E-state index in [-0.39, 0.29) is 23.0 Å². The lowest BCUT2D eigenvalue weighted by Crippen LogP contribution is -2.17. The molecular formula is C18H14Br4O6S2. The Labute approximate surface area is 214 Å². The maximum atomic E-state index is 12.5. The normalized spacial score (nSPS) is 10.7. The molecule has 0 saturated heterocycles. The van der Waals surface area contributed by atoms with Crippen LogP contribution in [0, 0.1) is 0 Å². The standard InChI is InChI=1S/C18H14Br4O6S2/c1-3-5-27-17(25)11(23)13-7(19)9(21)15(29-13)16-10(22)8(20)14(30-16)12(24)18(26)28-6-4-2/h3-6H2,1-2H3. The lowest BCUT2D eigenvalue weighted by molar-refractivity contribution is -0.138. The van der Waals surface area contributed by atoms with Crippen LogP contribution in [0.3, 0.4) is 0 Å². The van der Waals surface area contributed by atoms with Gasteiger partial charge in [-0.3, -0.25) is 9.59 Å². The van der Waals surface area contributed by atoms with Crippen LogP contribution >= 0.6 is 86.4 Å². The van der Waals surface area contributed by atoms with E-state index in [4.69, 9.17) is 9.47 Å². The van der Waals surface area contributed by atoms with E-state index in [2.05, 4.69) is 63.7 Å². The predicted octanol–water partition coefficient (Wildman–Crippen LogP) is 6.80. The Hall–Kier alpha value is -0.400. The van der Waals surface area contributed by atoms with Crippen LogP contribution in [0.5, 0.6) is 0 Å². The molecule has 30 heavy (non-hydrogen) atoms. The van der Waals surface area contributed by atoms with Gasteiger partial charge in [-0.2, -0.15) is 0 Å². The first-order valence-electron chi connectivity index (χ1n) is 8.54. The minimum absolute atomic E-state index is 0.157. The number of Topliss-reactive ketones (excluding diaryl/α,β-unsaturated/α-hetero) is 2. The summed E-state index contributed by atoms with van der Waals surface area (Å²) in [6.45, 7) is 3.97. The molecule has 0 radical (unpaired) electrons. The Morgan fingerprint density at radius 2 is 1.00 bits per heavy atom. The Balaban J connectivity index is 2.44. The predicted molar refractivity (Wildman–Crippen MR) is 130 cm³/mol. The van der Waals surface area contributed by atoms with Crippen LogP contribution in [-0.4, -0.2) is 36.7 Å². The second-order valence-corrected chi connectivity index (χ2v) is 10.9. The molecule has 2 heterocycles. The molecule has 0 fully saturated rings. The van der Waals surface area contributed by atoms with Crippen LogP contribution in [0.2, 0.25) is 0 Å². The lowest BCUT2D eigenvalue weighted by atomic mass is 10.3. The maximum Gasteiger partial charge on any atom is 0.380 e. The molecule has 0 N–H and O–H groups in total. The topological polar surface area (TPSA) is 86.7 Å². The summed E-state index contributed by atoms with van der Waals surface area (Å²) in [5, 5.41) is 0. The number of esters is 2. The Bertz CT molecular complexity index is 931. The Morgan fingerprint density at radius 3 is 1.30 bits per heavy atom. The first-order chi connectivity index (χ1) is 14.1. The van der Waals surface area contributed by atoms with E-state index in [0.29, 0.717) is 40.5 Å². The summed E-state index contributed by atoms with van der Waals surface area (Å²) in [6.07, 6.45) is 1.21. The van der Waals surface area contributed by atoms with E-state index < -0.39 is 23.5 Å². The fraction of sp³-hybridized carbons (Fsp3) is 0.333. The average molecular weight is 710 g/mol. The molecule has 2 aromatic heterocycles. The highest BCUT2D eigenvalue weighted by molar-refractivity contribution is 9.13. The van der Waals surface area contributed by atoms with Gasteiger partial charge in [0.05, 0.1) is 50.6 Å². The highest BCUT2D eigenvalue weighted by Gasteiger charge is 2.31. The highest BCUT2D eigenvalue weighted by Crippen LogP contribution is 2.51. The number of hydrogen-bond acceptors (Lipinski definition) is 8. The summed E-state index contributed by atoms with van der Waals surface area (Å²) in [7, 11) is 0. The van der Waals surface area contributed by atoms with Crippen molar-refractivity contribution in [2.24, 2.45) is 0 Å². The third-order valence-electron chi connectivity index (χ3n) is 3.46. The van der Waals surface area contributed by atoms with E-state index in [0.717, 1.165) is 22.7 Å². The second kappa shape index (κ2) is 11.5. The van der Waals surface area contributed by atoms with Gasteiger partial charge < -0.3 is 9.47 Å². The van der Waals surface area contributed by atoms with E-state index in [1.807, 2.05) is 13.8 Å². The fourth-order valence-corrected chi connectivity index (χ4v) is 7.55. The SMILES string of the molecule is CCCOC(=O)C(=O)c1sc(-c2sc(C(=O)C(=O)OCCC)c(Br)c2Br)c(Br)c1Br. The molecule has 162 valence electrons. The minimum Gasteiger partial charge on any atom is -0.460 e. The van der Waals surface area contributed by atoms with Gasteiger partial charge in [0.15, 0.2) is 0 Å². The van der Waals surface area contributed by atoms with E-state index in [1.165, 1.54) is 0 Å². The van der Waals surface area contributed by atoms with Crippen molar-refractivity contribution in [1.29, 1.82) is 0 Å². The molecule has 0 aliphatic rings. The molecular weight excluding hydrogens is 696 g/mol. The van der Waals surface area contributed by atoms with E-state index in [1.54, 1.807) is 0 Å². The van der Waals surface area contributed by atoms with Crippen molar-refractivity contribution in [3.05, 3.63) is 27.6 Å². The molecule has 2 aromatic rings. The highest BCUT2D eigenvalue weighted by atomic mass is 79.9. The molecule has 0 bridgehead atoms. The smallest absolute Gasteiger partial charge is 0.380 e. The number of halogens is 4. The number of thiophene rings is 2. The maximum absolute atomic E-state index is 12.5. The summed E-state index contributed by atoms with van der Waals surface area (Å²) in [5.74, 6) is -3.39. The summed E-state index contributed by atoms with van der Waals surface area (Å²) < 4.78 is 11.8. The molecule has 2 rings (SSSR count). The molecule has 0 aliphatic carbocycles. The van der Waals surface area contributed by atoms with Crippen molar-refractivity contribution in [2.75, 3.05) is 13.2 Å². The summed E-state index contributed by atoms with van der Waals surface area (Å²) in [5.41, 5.74) is 0. The first-order valence-corrected chi connectivity index (χ1v) is 13.3. The van der Waals surface area contributed by atoms with Gasteiger partial charge in [-0.25, -0.2) is 9.59 Å². The van der Waals surface area contributed by atoms with Crippen LogP contribution in [0.1, 0.15) is 46.0 Å². The van der Waals surface area contributed by atoms with Crippen LogP contribution in [0.4, 0.5) is 0 Å². The van der Waals surface area contributed by atoms with Crippen molar-refractivity contribution >= 4 is 110 Å². The number of rotatable bonds is 9. The second-order valence-electron chi connectivity index (χ2n) is 5.71. The van der Waals surface area contributed by atoms with Gasteiger partial charge in [-0.1, -0.05) is 13.8 Å². The summed E-state index contributed by atoms with van der Waals surface area (Å²) in [6, 6.07) is 0. The van der Waals surface area contributed by atoms with Gasteiger partial charge in [0.2, 0.25) is 0 Å². The Kier molecular flexibility index (Phi) is 9.88. The number of ether oxygens (including phenoxy) is 2. The van der Waals surface area contributed by atoms with Gasteiger partial charge >= 0.3 is 11.9 Å². The van der Waals surface area contributed by atoms with Crippen molar-refractivity contribution in [1.82, 2.24) is 0 Å². The first kappa shape index (κ1) is 25.9. The van der Waals surface area contributed by atoms with Crippen molar-refractivity contribution in [3.63, 3.8) is 0 Å². The van der Waals surface area contributed by atoms with Gasteiger partial charge in [0.1, 0.15) is 0 Å². The van der Waals surface area contributed by atoms with Gasteiger partial charge in [0, 0.05) is 0 Å². The lowest BCUT2D eigenvalue weighted by Gasteiger charge is -2.00. The quantitative estimate of drug-likeness (QED) is 0.162. The molecule has 0 aliphatic heterocycles. The van der Waals surface area contributed by atoms with Crippen LogP contribution in [0.25, 0.3) is 9.75 Å². The summed E-state index contributed by atoms with van der Waals surface area (Å²) >= 11 is 15.7. The fourth-order valence-electron chi connectivity index (χ4n) is 2.07. The minimum atomic E-state index is -0.932. The van der Waals surface area contributed by atoms with Gasteiger partial charge in [0.25, 0.3) is 11.6 Å². The van der Waals surface area contributed by atoms with E-state index in [9.17, 15) is 19.2 Å². The molecule has 0 saturated carbocycles. The zero-order valence-electron chi connectivity index (χ0n) is 15.6. The monoisotopic (exact) mass is 706 g/mol.